The Kier molecular flexibility index (Phi) is 5.87. The molecule has 6 nitrogen and oxygen atoms in total. The van der Waals surface area contributed by atoms with Gasteiger partial charge in [0, 0.05) is 31.0 Å². The molecule has 2 amide bonds. The van der Waals surface area contributed by atoms with Crippen LogP contribution in [0.5, 0.6) is 0 Å². The van der Waals surface area contributed by atoms with Gasteiger partial charge in [-0.2, -0.15) is 0 Å². The Balaban J connectivity index is 1.57. The Labute approximate surface area is 147 Å². The van der Waals surface area contributed by atoms with Gasteiger partial charge in [0.1, 0.15) is 0 Å². The Morgan fingerprint density at radius 1 is 1.08 bits per heavy atom. The SMILES string of the molecule is O=C(NCc1ccccc1CO)Nc1cccc(N2CCOCC2)c1. The second kappa shape index (κ2) is 8.50. The van der Waals surface area contributed by atoms with Crippen molar-refractivity contribution < 1.29 is 14.6 Å². The summed E-state index contributed by atoms with van der Waals surface area (Å²) in [6.45, 7) is 3.48. The summed E-state index contributed by atoms with van der Waals surface area (Å²) < 4.78 is 5.37. The van der Waals surface area contributed by atoms with Gasteiger partial charge >= 0.3 is 6.03 Å². The zero-order valence-electron chi connectivity index (χ0n) is 14.1. The van der Waals surface area contributed by atoms with E-state index in [0.29, 0.717) is 6.54 Å². The van der Waals surface area contributed by atoms with Crippen molar-refractivity contribution in [2.75, 3.05) is 36.5 Å². The molecule has 1 heterocycles. The Morgan fingerprint density at radius 2 is 1.84 bits per heavy atom. The summed E-state index contributed by atoms with van der Waals surface area (Å²) in [5, 5.41) is 15.0. The van der Waals surface area contributed by atoms with Gasteiger partial charge in [0.05, 0.1) is 19.8 Å². The molecule has 0 aromatic heterocycles. The molecular formula is C19H23N3O3. The monoisotopic (exact) mass is 341 g/mol. The quantitative estimate of drug-likeness (QED) is 0.780. The topological polar surface area (TPSA) is 73.8 Å². The molecule has 3 rings (SSSR count). The molecular weight excluding hydrogens is 318 g/mol. The highest BCUT2D eigenvalue weighted by Crippen LogP contribution is 2.20. The number of hydrogen-bond donors (Lipinski definition) is 3. The summed E-state index contributed by atoms with van der Waals surface area (Å²) in [5.74, 6) is 0. The molecule has 6 heteroatoms. The third kappa shape index (κ3) is 4.71. The summed E-state index contributed by atoms with van der Waals surface area (Å²) in [6.07, 6.45) is 0. The molecule has 25 heavy (non-hydrogen) atoms. The number of anilines is 2. The summed E-state index contributed by atoms with van der Waals surface area (Å²) in [7, 11) is 0. The zero-order chi connectivity index (χ0) is 17.5. The lowest BCUT2D eigenvalue weighted by atomic mass is 10.1. The first kappa shape index (κ1) is 17.3. The molecule has 132 valence electrons. The summed E-state index contributed by atoms with van der Waals surface area (Å²) >= 11 is 0. The zero-order valence-corrected chi connectivity index (χ0v) is 14.1. The molecule has 3 N–H and O–H groups in total. The third-order valence-corrected chi connectivity index (χ3v) is 4.21. The molecule has 1 aliphatic heterocycles. The average Bonchev–Trinajstić information content (AvgIpc) is 2.67. The van der Waals surface area contributed by atoms with Crippen LogP contribution >= 0.6 is 0 Å². The average molecular weight is 341 g/mol. The van der Waals surface area contributed by atoms with Gasteiger partial charge in [0.2, 0.25) is 0 Å². The maximum absolute atomic E-state index is 12.2. The van der Waals surface area contributed by atoms with Crippen LogP contribution in [-0.4, -0.2) is 37.4 Å². The van der Waals surface area contributed by atoms with E-state index in [0.717, 1.165) is 48.8 Å². The van der Waals surface area contributed by atoms with Crippen LogP contribution in [0.15, 0.2) is 48.5 Å². The van der Waals surface area contributed by atoms with Crippen LogP contribution in [0.4, 0.5) is 16.2 Å². The second-order valence-electron chi connectivity index (χ2n) is 5.88. The van der Waals surface area contributed by atoms with Crippen molar-refractivity contribution in [3.63, 3.8) is 0 Å². The standard InChI is InChI=1S/C19H23N3O3/c23-14-16-5-2-1-4-15(16)13-20-19(24)21-17-6-3-7-18(12-17)22-8-10-25-11-9-22/h1-7,12,23H,8-11,13-14H2,(H2,20,21,24). The molecule has 0 atom stereocenters. The van der Waals surface area contributed by atoms with Crippen LogP contribution in [0.3, 0.4) is 0 Å². The van der Waals surface area contributed by atoms with Crippen molar-refractivity contribution in [1.82, 2.24) is 5.32 Å². The molecule has 0 aliphatic carbocycles. The van der Waals surface area contributed by atoms with Gasteiger partial charge in [-0.05, 0) is 29.3 Å². The lowest BCUT2D eigenvalue weighted by Crippen LogP contribution is -2.36. The van der Waals surface area contributed by atoms with E-state index in [9.17, 15) is 9.90 Å². The number of hydrogen-bond acceptors (Lipinski definition) is 4. The highest BCUT2D eigenvalue weighted by atomic mass is 16.5. The Morgan fingerprint density at radius 3 is 2.60 bits per heavy atom. The second-order valence-corrected chi connectivity index (χ2v) is 5.88. The van der Waals surface area contributed by atoms with Gasteiger partial charge in [0.25, 0.3) is 0 Å². The number of benzene rings is 2. The Hall–Kier alpha value is -2.57. The Bertz CT molecular complexity index is 715. The normalized spacial score (nSPS) is 14.2. The van der Waals surface area contributed by atoms with Crippen LogP contribution in [0.25, 0.3) is 0 Å². The lowest BCUT2D eigenvalue weighted by molar-refractivity contribution is 0.122. The number of carbonyl (C=O) groups is 1. The minimum absolute atomic E-state index is 0.0406. The smallest absolute Gasteiger partial charge is 0.319 e. The fourth-order valence-electron chi connectivity index (χ4n) is 2.84. The minimum atomic E-state index is -0.271. The van der Waals surface area contributed by atoms with Crippen molar-refractivity contribution in [1.29, 1.82) is 0 Å². The number of ether oxygens (including phenoxy) is 1. The molecule has 0 saturated carbocycles. The van der Waals surface area contributed by atoms with E-state index in [1.807, 2.05) is 48.5 Å². The predicted octanol–water partition coefficient (Wildman–Crippen LogP) is 2.34. The van der Waals surface area contributed by atoms with E-state index in [1.54, 1.807) is 0 Å². The third-order valence-electron chi connectivity index (χ3n) is 4.21. The van der Waals surface area contributed by atoms with Crippen LogP contribution < -0.4 is 15.5 Å². The maximum Gasteiger partial charge on any atom is 0.319 e. The van der Waals surface area contributed by atoms with Crippen LogP contribution in [0, 0.1) is 0 Å². The van der Waals surface area contributed by atoms with E-state index < -0.39 is 0 Å². The lowest BCUT2D eigenvalue weighted by Gasteiger charge is -2.29. The van der Waals surface area contributed by atoms with E-state index in [-0.39, 0.29) is 12.6 Å². The molecule has 0 bridgehead atoms. The summed E-state index contributed by atoms with van der Waals surface area (Å²) in [6, 6.07) is 15.0. The maximum atomic E-state index is 12.2. The first-order chi connectivity index (χ1) is 12.3. The van der Waals surface area contributed by atoms with Crippen molar-refractivity contribution in [3.8, 4) is 0 Å². The first-order valence-electron chi connectivity index (χ1n) is 8.41. The van der Waals surface area contributed by atoms with Crippen molar-refractivity contribution in [2.24, 2.45) is 0 Å². The van der Waals surface area contributed by atoms with Crippen molar-refractivity contribution in [2.45, 2.75) is 13.2 Å². The van der Waals surface area contributed by atoms with Gasteiger partial charge in [-0.25, -0.2) is 4.79 Å². The molecule has 2 aromatic rings. The number of nitrogens with one attached hydrogen (secondary N) is 2. The van der Waals surface area contributed by atoms with Crippen LogP contribution in [0.2, 0.25) is 0 Å². The van der Waals surface area contributed by atoms with Gasteiger partial charge < -0.3 is 25.4 Å². The number of morpholine rings is 1. The number of amides is 2. The summed E-state index contributed by atoms with van der Waals surface area (Å²) in [4.78, 5) is 14.4. The van der Waals surface area contributed by atoms with Crippen LogP contribution in [-0.2, 0) is 17.9 Å². The van der Waals surface area contributed by atoms with Gasteiger partial charge in [-0.3, -0.25) is 0 Å². The number of urea groups is 1. The van der Waals surface area contributed by atoms with Crippen molar-refractivity contribution in [3.05, 3.63) is 59.7 Å². The molecule has 0 radical (unpaired) electrons. The number of carbonyl (C=O) groups excluding carboxylic acids is 1. The van der Waals surface area contributed by atoms with Crippen LogP contribution in [0.1, 0.15) is 11.1 Å². The molecule has 1 aliphatic rings. The number of aliphatic hydroxyl groups excluding tert-OH is 1. The largest absolute Gasteiger partial charge is 0.392 e. The van der Waals surface area contributed by atoms with E-state index in [2.05, 4.69) is 15.5 Å². The van der Waals surface area contributed by atoms with Crippen molar-refractivity contribution >= 4 is 17.4 Å². The van der Waals surface area contributed by atoms with Gasteiger partial charge in [0.15, 0.2) is 0 Å². The molecule has 1 saturated heterocycles. The fourth-order valence-corrected chi connectivity index (χ4v) is 2.84. The predicted molar refractivity (Wildman–Crippen MR) is 97.7 cm³/mol. The molecule has 1 fully saturated rings. The first-order valence-corrected chi connectivity index (χ1v) is 8.41. The highest BCUT2D eigenvalue weighted by molar-refractivity contribution is 5.89. The molecule has 0 unspecified atom stereocenters. The minimum Gasteiger partial charge on any atom is -0.392 e. The summed E-state index contributed by atoms with van der Waals surface area (Å²) in [5.41, 5.74) is 3.54. The fraction of sp³-hybridized carbons (Fsp3) is 0.316. The number of aliphatic hydroxyl groups is 1. The van der Waals surface area contributed by atoms with E-state index in [1.165, 1.54) is 0 Å². The van der Waals surface area contributed by atoms with Gasteiger partial charge in [-0.1, -0.05) is 30.3 Å². The van der Waals surface area contributed by atoms with E-state index >= 15 is 0 Å². The molecule has 2 aromatic carbocycles. The van der Waals surface area contributed by atoms with Gasteiger partial charge in [-0.15, -0.1) is 0 Å². The number of nitrogens with zero attached hydrogens (tertiary/aromatic N) is 1. The van der Waals surface area contributed by atoms with E-state index in [4.69, 9.17) is 4.74 Å². The number of rotatable bonds is 5. The molecule has 0 spiro atoms. The highest BCUT2D eigenvalue weighted by Gasteiger charge is 2.12.